The Bertz CT molecular complexity index is 770. The predicted octanol–water partition coefficient (Wildman–Crippen LogP) is -0.0902. The third-order valence-corrected chi connectivity index (χ3v) is 3.28. The van der Waals surface area contributed by atoms with Gasteiger partial charge in [0.05, 0.1) is 36.4 Å². The molecule has 1 aliphatic rings. The van der Waals surface area contributed by atoms with Crippen LogP contribution in [0.3, 0.4) is 0 Å². The molecule has 1 aromatic carbocycles. The van der Waals surface area contributed by atoms with Gasteiger partial charge in [-0.15, -0.1) is 0 Å². The van der Waals surface area contributed by atoms with Gasteiger partial charge in [-0.3, -0.25) is 4.79 Å². The largest absolute Gasteiger partial charge is 0.467 e. The minimum atomic E-state index is -2.20. The Hall–Kier alpha value is -2.28. The third-order valence-electron chi connectivity index (χ3n) is 3.28. The Morgan fingerprint density at radius 1 is 1.58 bits per heavy atom. The molecule has 19 heavy (non-hydrogen) atoms. The molecular weight excluding hydrogens is 255 g/mol. The predicted molar refractivity (Wildman–Crippen MR) is 61.9 cm³/mol. The van der Waals surface area contributed by atoms with Crippen LogP contribution in [0, 0.1) is 5.82 Å². The first-order valence-corrected chi connectivity index (χ1v) is 5.48. The summed E-state index contributed by atoms with van der Waals surface area (Å²) in [5, 5.41) is 10.4. The number of hydrogen-bond donors (Lipinski definition) is 1. The van der Waals surface area contributed by atoms with E-state index in [1.807, 2.05) is 0 Å². The summed E-state index contributed by atoms with van der Waals surface area (Å²) in [6.45, 7) is -0.381. The highest BCUT2D eigenvalue weighted by Crippen LogP contribution is 2.37. The van der Waals surface area contributed by atoms with Crippen molar-refractivity contribution >= 4 is 17.0 Å². The molecule has 98 valence electrons. The van der Waals surface area contributed by atoms with Gasteiger partial charge in [0.2, 0.25) is 5.60 Å². The summed E-state index contributed by atoms with van der Waals surface area (Å²) >= 11 is 0. The van der Waals surface area contributed by atoms with Gasteiger partial charge in [0.15, 0.2) is 0 Å². The summed E-state index contributed by atoms with van der Waals surface area (Å²) in [7, 11) is 1.09. The first kappa shape index (κ1) is 11.8. The van der Waals surface area contributed by atoms with E-state index in [2.05, 4.69) is 9.72 Å². The van der Waals surface area contributed by atoms with Gasteiger partial charge in [-0.25, -0.2) is 14.2 Å². The molecule has 0 saturated carbocycles. The molecule has 1 unspecified atom stereocenters. The van der Waals surface area contributed by atoms with Gasteiger partial charge in [0.25, 0.3) is 5.56 Å². The van der Waals surface area contributed by atoms with E-state index >= 15 is 0 Å². The maximum atomic E-state index is 14.0. The lowest BCUT2D eigenvalue weighted by molar-refractivity contribution is -0.164. The Balaban J connectivity index is 2.46. The summed E-state index contributed by atoms with van der Waals surface area (Å²) in [6.07, 6.45) is 1.06. The molecule has 6 nitrogen and oxygen atoms in total. The number of hydrogen-bond acceptors (Lipinski definition) is 5. The molecule has 0 saturated heterocycles. The summed E-state index contributed by atoms with van der Waals surface area (Å²) in [5.41, 5.74) is -2.52. The number of halogens is 1. The van der Waals surface area contributed by atoms with Gasteiger partial charge < -0.3 is 14.4 Å². The molecule has 0 amide bonds. The summed E-state index contributed by atoms with van der Waals surface area (Å²) in [6, 6.07) is 2.48. The molecule has 1 atom stereocenters. The van der Waals surface area contributed by atoms with E-state index < -0.39 is 22.9 Å². The van der Waals surface area contributed by atoms with Crippen molar-refractivity contribution in [1.29, 1.82) is 0 Å². The number of nitrogens with zero attached hydrogens (tertiary/aromatic N) is 2. The molecule has 0 radical (unpaired) electrons. The Labute approximate surface area is 106 Å². The van der Waals surface area contributed by atoms with Gasteiger partial charge in [0, 0.05) is 0 Å². The van der Waals surface area contributed by atoms with Crippen LogP contribution in [0.1, 0.15) is 5.56 Å². The molecule has 1 aromatic heterocycles. The fourth-order valence-corrected chi connectivity index (χ4v) is 2.43. The normalized spacial score (nSPS) is 20.8. The highest BCUT2D eigenvalue weighted by molar-refractivity contribution is 5.91. The first-order valence-electron chi connectivity index (χ1n) is 5.48. The van der Waals surface area contributed by atoms with Crippen LogP contribution < -0.4 is 5.56 Å². The second-order valence-corrected chi connectivity index (χ2v) is 4.32. The van der Waals surface area contributed by atoms with Crippen molar-refractivity contribution in [1.82, 2.24) is 9.55 Å². The number of ether oxygens (including phenoxy) is 1. The van der Waals surface area contributed by atoms with E-state index in [0.29, 0.717) is 5.52 Å². The standard InChI is InChI=1S/C12H9FN2O4/c1-19-11(17)12(18)5-15-8(16)4-14-7-3-2-6(13)9(12)10(7)15/h2-4,18H,5H2,1H3. The maximum Gasteiger partial charge on any atom is 0.344 e. The number of carbonyl (C=O) groups is 1. The second kappa shape index (κ2) is 3.61. The Kier molecular flexibility index (Phi) is 2.24. The van der Waals surface area contributed by atoms with Crippen molar-refractivity contribution in [2.24, 2.45) is 0 Å². The van der Waals surface area contributed by atoms with Gasteiger partial charge >= 0.3 is 5.97 Å². The van der Waals surface area contributed by atoms with Gasteiger partial charge in [-0.1, -0.05) is 0 Å². The number of benzene rings is 1. The zero-order valence-corrected chi connectivity index (χ0v) is 9.88. The molecule has 0 spiro atoms. The first-order chi connectivity index (χ1) is 8.99. The fourth-order valence-electron chi connectivity index (χ4n) is 2.43. The van der Waals surface area contributed by atoms with Gasteiger partial charge in [-0.2, -0.15) is 0 Å². The van der Waals surface area contributed by atoms with Crippen molar-refractivity contribution in [2.75, 3.05) is 7.11 Å². The third kappa shape index (κ3) is 1.36. The summed E-state index contributed by atoms with van der Waals surface area (Å²) in [5.74, 6) is -1.79. The lowest BCUT2D eigenvalue weighted by atomic mass is 9.95. The van der Waals surface area contributed by atoms with E-state index in [0.717, 1.165) is 23.9 Å². The SMILES string of the molecule is COC(=O)C1(O)Cn2c(=O)cnc3ccc(F)c1c32. The number of rotatable bonds is 1. The smallest absolute Gasteiger partial charge is 0.344 e. The van der Waals surface area contributed by atoms with Crippen LogP contribution in [0.2, 0.25) is 0 Å². The molecule has 0 fully saturated rings. The minimum absolute atomic E-state index is 0.125. The number of methoxy groups -OCH3 is 1. The highest BCUT2D eigenvalue weighted by atomic mass is 19.1. The number of aliphatic hydroxyl groups is 1. The lowest BCUT2D eigenvalue weighted by Gasteiger charge is -2.20. The molecule has 2 heterocycles. The Morgan fingerprint density at radius 3 is 3.00 bits per heavy atom. The quantitative estimate of drug-likeness (QED) is 0.728. The molecule has 7 heteroatoms. The fraction of sp³-hybridized carbons (Fsp3) is 0.250. The maximum absolute atomic E-state index is 14.0. The molecule has 0 bridgehead atoms. The van der Waals surface area contributed by atoms with E-state index in [4.69, 9.17) is 0 Å². The van der Waals surface area contributed by atoms with Crippen LogP contribution in [0.5, 0.6) is 0 Å². The van der Waals surface area contributed by atoms with Gasteiger partial charge in [-0.05, 0) is 12.1 Å². The average Bonchev–Trinajstić information content (AvgIpc) is 2.73. The van der Waals surface area contributed by atoms with Crippen LogP contribution in [0.4, 0.5) is 4.39 Å². The summed E-state index contributed by atoms with van der Waals surface area (Å²) < 4.78 is 19.6. The molecule has 1 N–H and O–H groups in total. The Morgan fingerprint density at radius 2 is 2.32 bits per heavy atom. The zero-order chi connectivity index (χ0) is 13.8. The lowest BCUT2D eigenvalue weighted by Crippen LogP contribution is -2.39. The molecular formula is C12H9FN2O4. The second-order valence-electron chi connectivity index (χ2n) is 4.32. The monoisotopic (exact) mass is 264 g/mol. The van der Waals surface area contributed by atoms with Crippen LogP contribution in [0.25, 0.3) is 11.0 Å². The average molecular weight is 264 g/mol. The van der Waals surface area contributed by atoms with Crippen molar-refractivity contribution in [3.05, 3.63) is 40.1 Å². The van der Waals surface area contributed by atoms with Crippen LogP contribution in [0.15, 0.2) is 23.1 Å². The minimum Gasteiger partial charge on any atom is -0.467 e. The summed E-state index contributed by atoms with van der Waals surface area (Å²) in [4.78, 5) is 27.3. The van der Waals surface area contributed by atoms with E-state index in [-0.39, 0.29) is 17.6 Å². The number of aromatic nitrogens is 2. The van der Waals surface area contributed by atoms with Crippen molar-refractivity contribution in [2.45, 2.75) is 12.1 Å². The van der Waals surface area contributed by atoms with Crippen molar-refractivity contribution < 1.29 is 19.0 Å². The molecule has 3 rings (SSSR count). The van der Waals surface area contributed by atoms with Crippen molar-refractivity contribution in [3.8, 4) is 0 Å². The zero-order valence-electron chi connectivity index (χ0n) is 9.88. The van der Waals surface area contributed by atoms with Crippen molar-refractivity contribution in [3.63, 3.8) is 0 Å². The molecule has 0 aliphatic carbocycles. The van der Waals surface area contributed by atoms with Crippen LogP contribution in [-0.4, -0.2) is 27.7 Å². The topological polar surface area (TPSA) is 81.4 Å². The van der Waals surface area contributed by atoms with Crippen LogP contribution >= 0.6 is 0 Å². The molecule has 2 aromatic rings. The highest BCUT2D eigenvalue weighted by Gasteiger charge is 2.48. The van der Waals surface area contributed by atoms with Crippen LogP contribution in [-0.2, 0) is 21.7 Å². The van der Waals surface area contributed by atoms with E-state index in [1.54, 1.807) is 0 Å². The van der Waals surface area contributed by atoms with E-state index in [1.165, 1.54) is 6.07 Å². The van der Waals surface area contributed by atoms with E-state index in [9.17, 15) is 19.1 Å². The molecule has 1 aliphatic heterocycles. The van der Waals surface area contributed by atoms with Gasteiger partial charge in [0.1, 0.15) is 5.82 Å². The number of carbonyl (C=O) groups excluding carboxylic acids is 1. The number of esters is 1.